The number of carbonyl (C=O) groups excluding carboxylic acids is 3. The average molecular weight is 332 g/mol. The highest BCUT2D eigenvalue weighted by Gasteiger charge is 2.44. The number of rotatable bonds is 3. The fraction of sp³-hybridized carbons (Fsp3) is 0.533. The second-order valence-corrected chi connectivity index (χ2v) is 6.91. The van der Waals surface area contributed by atoms with Crippen LogP contribution in [0.3, 0.4) is 0 Å². The SMILES string of the molecule is CC1(C)C(C#N)=C(SCC(=O)N2CCCC2=O)NC(=O)[C@H]1C#N. The Morgan fingerprint density at radius 1 is 1.43 bits per heavy atom. The summed E-state index contributed by atoms with van der Waals surface area (Å²) in [5, 5.41) is 21.3. The predicted molar refractivity (Wildman–Crippen MR) is 82.1 cm³/mol. The number of amides is 3. The number of carbonyl (C=O) groups is 3. The summed E-state index contributed by atoms with van der Waals surface area (Å²) in [7, 11) is 0. The Morgan fingerprint density at radius 2 is 2.13 bits per heavy atom. The lowest BCUT2D eigenvalue weighted by molar-refractivity contribution is -0.140. The molecule has 2 heterocycles. The van der Waals surface area contributed by atoms with Gasteiger partial charge < -0.3 is 5.32 Å². The van der Waals surface area contributed by atoms with Crippen LogP contribution in [0.15, 0.2) is 10.6 Å². The summed E-state index contributed by atoms with van der Waals surface area (Å²) >= 11 is 1.02. The van der Waals surface area contributed by atoms with E-state index in [4.69, 9.17) is 5.26 Å². The Kier molecular flexibility index (Phi) is 4.76. The summed E-state index contributed by atoms with van der Waals surface area (Å²) in [6.45, 7) is 3.73. The third kappa shape index (κ3) is 3.08. The van der Waals surface area contributed by atoms with E-state index in [9.17, 15) is 19.6 Å². The first-order valence-corrected chi connectivity index (χ1v) is 8.12. The van der Waals surface area contributed by atoms with Crippen molar-refractivity contribution in [3.05, 3.63) is 10.6 Å². The van der Waals surface area contributed by atoms with Gasteiger partial charge in [0.15, 0.2) is 0 Å². The molecular formula is C15H16N4O3S. The average Bonchev–Trinajstić information content (AvgIpc) is 2.90. The topological polar surface area (TPSA) is 114 Å². The first kappa shape index (κ1) is 17.0. The third-order valence-electron chi connectivity index (χ3n) is 4.05. The predicted octanol–water partition coefficient (Wildman–Crippen LogP) is 0.900. The van der Waals surface area contributed by atoms with E-state index in [1.165, 1.54) is 4.90 Å². The lowest BCUT2D eigenvalue weighted by Crippen LogP contribution is -2.44. The summed E-state index contributed by atoms with van der Waals surface area (Å²) in [5.74, 6) is -2.01. The monoisotopic (exact) mass is 332 g/mol. The molecule has 2 rings (SSSR count). The molecule has 2 aliphatic heterocycles. The van der Waals surface area contributed by atoms with E-state index in [-0.39, 0.29) is 28.2 Å². The Hall–Kier alpha value is -2.32. The molecule has 1 atom stereocenters. The molecule has 0 unspecified atom stereocenters. The van der Waals surface area contributed by atoms with Crippen molar-refractivity contribution in [2.45, 2.75) is 26.7 Å². The van der Waals surface area contributed by atoms with Crippen LogP contribution in [0, 0.1) is 34.0 Å². The molecule has 8 heteroatoms. The van der Waals surface area contributed by atoms with Crippen LogP contribution in [0.25, 0.3) is 0 Å². The second kappa shape index (κ2) is 6.43. The van der Waals surface area contributed by atoms with Gasteiger partial charge in [0.05, 0.1) is 28.5 Å². The van der Waals surface area contributed by atoms with Gasteiger partial charge in [-0.3, -0.25) is 19.3 Å². The molecule has 0 saturated carbocycles. The highest BCUT2D eigenvalue weighted by molar-refractivity contribution is 8.03. The van der Waals surface area contributed by atoms with Crippen LogP contribution in [0.4, 0.5) is 0 Å². The lowest BCUT2D eigenvalue weighted by atomic mass is 9.72. The van der Waals surface area contributed by atoms with Crippen LogP contribution in [0.2, 0.25) is 0 Å². The van der Waals surface area contributed by atoms with Crippen LogP contribution >= 0.6 is 11.8 Å². The van der Waals surface area contributed by atoms with Crippen molar-refractivity contribution in [1.29, 1.82) is 10.5 Å². The zero-order valence-electron chi connectivity index (χ0n) is 12.9. The van der Waals surface area contributed by atoms with Crippen molar-refractivity contribution in [2.24, 2.45) is 11.3 Å². The van der Waals surface area contributed by atoms with E-state index < -0.39 is 17.2 Å². The molecule has 1 N–H and O–H groups in total. The van der Waals surface area contributed by atoms with Gasteiger partial charge in [0.2, 0.25) is 17.7 Å². The number of hydrogen-bond donors (Lipinski definition) is 1. The molecule has 3 amide bonds. The highest BCUT2D eigenvalue weighted by atomic mass is 32.2. The number of nitrogens with zero attached hydrogens (tertiary/aromatic N) is 3. The molecule has 7 nitrogen and oxygen atoms in total. The maximum Gasteiger partial charge on any atom is 0.243 e. The zero-order chi connectivity index (χ0) is 17.2. The minimum Gasteiger partial charge on any atom is -0.319 e. The van der Waals surface area contributed by atoms with Crippen molar-refractivity contribution in [2.75, 3.05) is 12.3 Å². The molecule has 1 fully saturated rings. The van der Waals surface area contributed by atoms with Gasteiger partial charge in [-0.1, -0.05) is 25.6 Å². The van der Waals surface area contributed by atoms with Crippen LogP contribution in [0.5, 0.6) is 0 Å². The number of imide groups is 1. The van der Waals surface area contributed by atoms with Gasteiger partial charge in [-0.2, -0.15) is 10.5 Å². The number of hydrogen-bond acceptors (Lipinski definition) is 6. The molecule has 0 aromatic heterocycles. The van der Waals surface area contributed by atoms with Crippen molar-refractivity contribution in [1.82, 2.24) is 10.2 Å². The standard InChI is InChI=1S/C15H16N4O3S/c1-15(2)9(6-16)13(22)18-14(10(15)7-17)23-8-12(21)19-5-3-4-11(19)20/h9H,3-5,8H2,1-2H3,(H,18,22)/t9-/m1/s1. The normalized spacial score (nSPS) is 23.3. The van der Waals surface area contributed by atoms with E-state index in [1.807, 2.05) is 12.1 Å². The van der Waals surface area contributed by atoms with Gasteiger partial charge in [-0.25, -0.2) is 0 Å². The summed E-state index contributed by atoms with van der Waals surface area (Å²) in [5.41, 5.74) is -0.657. The lowest BCUT2D eigenvalue weighted by Gasteiger charge is -2.34. The molecule has 0 aromatic rings. The van der Waals surface area contributed by atoms with E-state index in [1.54, 1.807) is 13.8 Å². The first-order valence-electron chi connectivity index (χ1n) is 7.14. The fourth-order valence-corrected chi connectivity index (χ4v) is 3.71. The van der Waals surface area contributed by atoms with Crippen LogP contribution in [0.1, 0.15) is 26.7 Å². The second-order valence-electron chi connectivity index (χ2n) is 5.92. The van der Waals surface area contributed by atoms with Gasteiger partial charge in [-0.15, -0.1) is 0 Å². The number of nitrogens with one attached hydrogen (secondary N) is 1. The molecule has 2 aliphatic rings. The number of likely N-dealkylation sites (tertiary alicyclic amines) is 1. The Morgan fingerprint density at radius 3 is 2.65 bits per heavy atom. The maximum atomic E-state index is 12.1. The third-order valence-corrected chi connectivity index (χ3v) is 5.03. The number of allylic oxidation sites excluding steroid dienone is 1. The summed E-state index contributed by atoms with van der Waals surface area (Å²) < 4.78 is 0. The number of thioether (sulfide) groups is 1. The van der Waals surface area contributed by atoms with Gasteiger partial charge in [-0.05, 0) is 6.42 Å². The van der Waals surface area contributed by atoms with Crippen molar-refractivity contribution < 1.29 is 14.4 Å². The summed E-state index contributed by atoms with van der Waals surface area (Å²) in [4.78, 5) is 36.8. The van der Waals surface area contributed by atoms with Gasteiger partial charge >= 0.3 is 0 Å². The van der Waals surface area contributed by atoms with Crippen molar-refractivity contribution in [3.8, 4) is 12.1 Å². The van der Waals surface area contributed by atoms with E-state index in [0.717, 1.165) is 11.8 Å². The van der Waals surface area contributed by atoms with Crippen molar-refractivity contribution in [3.63, 3.8) is 0 Å². The minimum atomic E-state index is -0.961. The van der Waals surface area contributed by atoms with Gasteiger partial charge in [0.1, 0.15) is 5.92 Å². The largest absolute Gasteiger partial charge is 0.319 e. The van der Waals surface area contributed by atoms with E-state index >= 15 is 0 Å². The maximum absolute atomic E-state index is 12.1. The molecule has 1 saturated heterocycles. The highest BCUT2D eigenvalue weighted by Crippen LogP contribution is 2.41. The van der Waals surface area contributed by atoms with E-state index in [0.29, 0.717) is 19.4 Å². The van der Waals surface area contributed by atoms with Crippen LogP contribution < -0.4 is 5.32 Å². The summed E-state index contributed by atoms with van der Waals surface area (Å²) in [6.07, 6.45) is 1.03. The van der Waals surface area contributed by atoms with Gasteiger partial charge in [0.25, 0.3) is 0 Å². The van der Waals surface area contributed by atoms with Crippen LogP contribution in [-0.2, 0) is 14.4 Å². The molecule has 0 bridgehead atoms. The Labute approximate surface area is 138 Å². The molecule has 0 spiro atoms. The molecule has 120 valence electrons. The van der Waals surface area contributed by atoms with Crippen LogP contribution in [-0.4, -0.2) is 34.9 Å². The molecule has 23 heavy (non-hydrogen) atoms. The minimum absolute atomic E-state index is 0.0418. The molecule has 0 aliphatic carbocycles. The smallest absolute Gasteiger partial charge is 0.243 e. The van der Waals surface area contributed by atoms with Crippen molar-refractivity contribution >= 4 is 29.5 Å². The quantitative estimate of drug-likeness (QED) is 0.821. The first-order chi connectivity index (χ1) is 10.8. The molecular weight excluding hydrogens is 316 g/mol. The molecule has 0 aromatic carbocycles. The van der Waals surface area contributed by atoms with E-state index in [2.05, 4.69) is 5.32 Å². The summed E-state index contributed by atoms with van der Waals surface area (Å²) in [6, 6.07) is 3.95. The number of nitriles is 2. The fourth-order valence-electron chi connectivity index (χ4n) is 2.66. The molecule has 0 radical (unpaired) electrons. The zero-order valence-corrected chi connectivity index (χ0v) is 13.7. The Bertz CT molecular complexity index is 684. The van der Waals surface area contributed by atoms with Gasteiger partial charge in [0, 0.05) is 18.4 Å². The Balaban J connectivity index is 2.18.